The highest BCUT2D eigenvalue weighted by molar-refractivity contribution is 5.79. The smallest absolute Gasteiger partial charge is 0.227 e. The van der Waals surface area contributed by atoms with Gasteiger partial charge in [0.2, 0.25) is 5.91 Å². The van der Waals surface area contributed by atoms with Crippen LogP contribution < -0.4 is 4.74 Å². The van der Waals surface area contributed by atoms with Crippen molar-refractivity contribution in [3.63, 3.8) is 0 Å². The summed E-state index contributed by atoms with van der Waals surface area (Å²) < 4.78 is 5.21. The van der Waals surface area contributed by atoms with Crippen molar-refractivity contribution in [1.82, 2.24) is 14.7 Å². The summed E-state index contributed by atoms with van der Waals surface area (Å²) in [5, 5.41) is 10.9. The number of rotatable bonds is 5. The van der Waals surface area contributed by atoms with Crippen LogP contribution in [-0.4, -0.2) is 91.3 Å². The predicted octanol–water partition coefficient (Wildman–Crippen LogP) is 0.449. The Kier molecular flexibility index (Phi) is 5.61. The molecular weight excluding hydrogens is 318 g/mol. The van der Waals surface area contributed by atoms with Crippen LogP contribution in [0, 0.1) is 0 Å². The van der Waals surface area contributed by atoms with Gasteiger partial charge in [0.15, 0.2) is 0 Å². The highest BCUT2D eigenvalue weighted by atomic mass is 16.5. The minimum atomic E-state index is -0.778. The Labute approximate surface area is 150 Å². The zero-order valence-electron chi connectivity index (χ0n) is 15.3. The Morgan fingerprint density at radius 2 is 2.00 bits per heavy atom. The van der Waals surface area contributed by atoms with Crippen LogP contribution in [0.3, 0.4) is 0 Å². The lowest BCUT2D eigenvalue weighted by molar-refractivity contribution is -0.130. The molecule has 0 saturated carbocycles. The minimum absolute atomic E-state index is 0.0718. The van der Waals surface area contributed by atoms with E-state index in [-0.39, 0.29) is 5.91 Å². The molecule has 1 amide bonds. The van der Waals surface area contributed by atoms with E-state index in [0.717, 1.165) is 37.5 Å². The lowest BCUT2D eigenvalue weighted by Gasteiger charge is -2.36. The molecule has 1 aromatic carbocycles. The molecule has 6 heteroatoms. The van der Waals surface area contributed by atoms with Gasteiger partial charge in [0.1, 0.15) is 5.75 Å². The molecule has 2 saturated heterocycles. The summed E-state index contributed by atoms with van der Waals surface area (Å²) in [7, 11) is 3.75. The lowest BCUT2D eigenvalue weighted by atomic mass is 10.0. The number of aliphatic hydroxyl groups is 1. The van der Waals surface area contributed by atoms with Gasteiger partial charge in [-0.25, -0.2) is 0 Å². The van der Waals surface area contributed by atoms with E-state index in [9.17, 15) is 9.90 Å². The molecule has 2 aliphatic heterocycles. The van der Waals surface area contributed by atoms with Gasteiger partial charge in [-0.1, -0.05) is 12.1 Å². The van der Waals surface area contributed by atoms with Crippen LogP contribution in [0.1, 0.15) is 12.0 Å². The van der Waals surface area contributed by atoms with E-state index in [1.807, 2.05) is 24.3 Å². The third-order valence-electron chi connectivity index (χ3n) is 5.29. The Balaban J connectivity index is 1.53. The first-order valence-corrected chi connectivity index (χ1v) is 9.01. The molecule has 0 spiro atoms. The zero-order valence-corrected chi connectivity index (χ0v) is 15.3. The Morgan fingerprint density at radius 3 is 2.72 bits per heavy atom. The van der Waals surface area contributed by atoms with Crippen molar-refractivity contribution in [2.24, 2.45) is 0 Å². The fourth-order valence-corrected chi connectivity index (χ4v) is 3.69. The number of ether oxygens (including phenoxy) is 1. The maximum Gasteiger partial charge on any atom is 0.227 e. The van der Waals surface area contributed by atoms with Crippen molar-refractivity contribution in [3.8, 4) is 5.75 Å². The van der Waals surface area contributed by atoms with Gasteiger partial charge in [-0.15, -0.1) is 0 Å². The number of carbonyl (C=O) groups excluding carboxylic acids is 1. The predicted molar refractivity (Wildman–Crippen MR) is 96.8 cm³/mol. The number of benzene rings is 1. The van der Waals surface area contributed by atoms with E-state index in [1.54, 1.807) is 12.0 Å². The number of piperazine rings is 1. The number of hydrogen-bond acceptors (Lipinski definition) is 5. The van der Waals surface area contributed by atoms with Crippen molar-refractivity contribution in [2.75, 3.05) is 60.0 Å². The third kappa shape index (κ3) is 4.71. The second kappa shape index (κ2) is 7.72. The zero-order chi connectivity index (χ0) is 17.9. The second-order valence-corrected chi connectivity index (χ2v) is 7.40. The molecule has 2 heterocycles. The molecule has 3 rings (SSSR count). The number of likely N-dealkylation sites (N-methyl/N-ethyl adjacent to an activating group) is 1. The number of methoxy groups -OCH3 is 1. The maximum atomic E-state index is 12.6. The molecule has 0 unspecified atom stereocenters. The van der Waals surface area contributed by atoms with Gasteiger partial charge < -0.3 is 19.6 Å². The molecule has 0 aromatic heterocycles. The number of likely N-dealkylation sites (tertiary alicyclic amines) is 1. The molecule has 6 nitrogen and oxygen atoms in total. The first kappa shape index (κ1) is 18.2. The molecular formula is C19H29N3O3. The molecule has 2 fully saturated rings. The van der Waals surface area contributed by atoms with Gasteiger partial charge in [-0.2, -0.15) is 0 Å². The number of amides is 1. The van der Waals surface area contributed by atoms with Crippen LogP contribution in [0.15, 0.2) is 24.3 Å². The molecule has 1 atom stereocenters. The van der Waals surface area contributed by atoms with E-state index in [1.165, 1.54) is 0 Å². The van der Waals surface area contributed by atoms with Crippen molar-refractivity contribution >= 4 is 5.91 Å². The van der Waals surface area contributed by atoms with E-state index in [0.29, 0.717) is 32.5 Å². The van der Waals surface area contributed by atoms with Gasteiger partial charge in [0, 0.05) is 39.3 Å². The molecule has 1 aromatic rings. The summed E-state index contributed by atoms with van der Waals surface area (Å²) in [6.07, 6.45) is 1.00. The van der Waals surface area contributed by atoms with Crippen molar-refractivity contribution in [2.45, 2.75) is 18.4 Å². The average Bonchev–Trinajstić information content (AvgIpc) is 2.99. The summed E-state index contributed by atoms with van der Waals surface area (Å²) in [6.45, 7) is 5.76. The van der Waals surface area contributed by atoms with E-state index < -0.39 is 5.60 Å². The highest BCUT2D eigenvalue weighted by Crippen LogP contribution is 2.24. The van der Waals surface area contributed by atoms with Gasteiger partial charge in [-0.05, 0) is 31.2 Å². The molecule has 138 valence electrons. The standard InChI is InChI=1S/C19H29N3O3/c1-20-8-10-21(11-9-20)14-19(24)6-7-22(15-19)18(23)13-16-4-3-5-17(12-16)25-2/h3-5,12,24H,6-11,13-15H2,1-2H3/t19-/m0/s1. The highest BCUT2D eigenvalue weighted by Gasteiger charge is 2.39. The monoisotopic (exact) mass is 347 g/mol. The quantitative estimate of drug-likeness (QED) is 0.838. The van der Waals surface area contributed by atoms with Crippen LogP contribution >= 0.6 is 0 Å². The van der Waals surface area contributed by atoms with Gasteiger partial charge in [0.25, 0.3) is 0 Å². The molecule has 2 aliphatic rings. The van der Waals surface area contributed by atoms with E-state index >= 15 is 0 Å². The van der Waals surface area contributed by atoms with E-state index in [4.69, 9.17) is 4.74 Å². The first-order valence-electron chi connectivity index (χ1n) is 9.01. The van der Waals surface area contributed by atoms with Gasteiger partial charge in [-0.3, -0.25) is 9.69 Å². The largest absolute Gasteiger partial charge is 0.497 e. The SMILES string of the molecule is COc1cccc(CC(=O)N2CC[C@](O)(CN3CCN(C)CC3)C2)c1. The molecule has 1 N–H and O–H groups in total. The topological polar surface area (TPSA) is 56.2 Å². The molecule has 0 aliphatic carbocycles. The second-order valence-electron chi connectivity index (χ2n) is 7.40. The number of carbonyl (C=O) groups is 1. The van der Waals surface area contributed by atoms with Crippen molar-refractivity contribution < 1.29 is 14.6 Å². The van der Waals surface area contributed by atoms with Crippen LogP contribution in [0.25, 0.3) is 0 Å². The van der Waals surface area contributed by atoms with Crippen LogP contribution in [0.4, 0.5) is 0 Å². The summed E-state index contributed by atoms with van der Waals surface area (Å²) in [6, 6.07) is 7.60. The van der Waals surface area contributed by atoms with Crippen molar-refractivity contribution in [3.05, 3.63) is 29.8 Å². The van der Waals surface area contributed by atoms with Gasteiger partial charge >= 0.3 is 0 Å². The minimum Gasteiger partial charge on any atom is -0.497 e. The fourth-order valence-electron chi connectivity index (χ4n) is 3.69. The maximum absolute atomic E-state index is 12.6. The van der Waals surface area contributed by atoms with Crippen LogP contribution in [0.5, 0.6) is 5.75 Å². The summed E-state index contributed by atoms with van der Waals surface area (Å²) in [4.78, 5) is 19.0. The third-order valence-corrected chi connectivity index (χ3v) is 5.29. The van der Waals surface area contributed by atoms with Crippen molar-refractivity contribution in [1.29, 1.82) is 0 Å². The Bertz CT molecular complexity index is 601. The normalized spacial score (nSPS) is 25.3. The Morgan fingerprint density at radius 1 is 1.24 bits per heavy atom. The molecule has 0 radical (unpaired) electrons. The van der Waals surface area contributed by atoms with Crippen LogP contribution in [0.2, 0.25) is 0 Å². The lowest BCUT2D eigenvalue weighted by Crippen LogP contribution is -2.52. The number of β-amino-alcohol motifs (C(OH)–C–C–N with tert-alkyl or cyclic N) is 1. The Hall–Kier alpha value is -1.63. The molecule has 0 bridgehead atoms. The van der Waals surface area contributed by atoms with Gasteiger partial charge in [0.05, 0.1) is 25.7 Å². The first-order chi connectivity index (χ1) is 12.0. The number of nitrogens with zero attached hydrogens (tertiary/aromatic N) is 3. The van der Waals surface area contributed by atoms with Crippen LogP contribution in [-0.2, 0) is 11.2 Å². The average molecular weight is 347 g/mol. The van der Waals surface area contributed by atoms with E-state index in [2.05, 4.69) is 16.8 Å². The summed E-state index contributed by atoms with van der Waals surface area (Å²) in [5.41, 5.74) is 0.166. The summed E-state index contributed by atoms with van der Waals surface area (Å²) >= 11 is 0. The number of hydrogen-bond donors (Lipinski definition) is 1. The molecule has 25 heavy (non-hydrogen) atoms. The fraction of sp³-hybridized carbons (Fsp3) is 0.632. The summed E-state index contributed by atoms with van der Waals surface area (Å²) in [5.74, 6) is 0.834.